The van der Waals surface area contributed by atoms with Crippen molar-refractivity contribution in [3.63, 3.8) is 0 Å². The Bertz CT molecular complexity index is 605. The predicted octanol–water partition coefficient (Wildman–Crippen LogP) is 1.66. The second kappa shape index (κ2) is 7.15. The number of hydrogen-bond donors (Lipinski definition) is 0. The van der Waals surface area contributed by atoms with Crippen molar-refractivity contribution < 1.29 is 9.53 Å². The van der Waals surface area contributed by atoms with Gasteiger partial charge in [-0.15, -0.1) is 0 Å². The zero-order valence-corrected chi connectivity index (χ0v) is 15.2. The van der Waals surface area contributed by atoms with E-state index in [9.17, 15) is 4.79 Å². The van der Waals surface area contributed by atoms with Gasteiger partial charge in [0.2, 0.25) is 0 Å². The fourth-order valence-electron chi connectivity index (χ4n) is 3.63. The SMILES string of the molecule is Cc1ncnc(C(=O)N2CCC3CN(C(C)C)CCOC3C2)c1C. The number of likely N-dealkylation sites (tertiary alicyclic amines) is 1. The number of carbonyl (C=O) groups excluding carboxylic acids is 1. The first-order chi connectivity index (χ1) is 11.5. The second-order valence-electron chi connectivity index (χ2n) is 7.23. The molecule has 0 radical (unpaired) electrons. The van der Waals surface area contributed by atoms with Crippen LogP contribution in [-0.4, -0.2) is 70.6 Å². The number of aromatic nitrogens is 2. The quantitative estimate of drug-likeness (QED) is 0.824. The van der Waals surface area contributed by atoms with Crippen LogP contribution in [0.1, 0.15) is 42.0 Å². The summed E-state index contributed by atoms with van der Waals surface area (Å²) in [4.78, 5) is 25.6. The summed E-state index contributed by atoms with van der Waals surface area (Å²) in [5.74, 6) is 0.511. The van der Waals surface area contributed by atoms with Crippen molar-refractivity contribution >= 4 is 5.91 Å². The van der Waals surface area contributed by atoms with Gasteiger partial charge >= 0.3 is 0 Å². The monoisotopic (exact) mass is 332 g/mol. The smallest absolute Gasteiger partial charge is 0.272 e. The van der Waals surface area contributed by atoms with E-state index in [1.54, 1.807) is 0 Å². The van der Waals surface area contributed by atoms with Gasteiger partial charge in [-0.25, -0.2) is 9.97 Å². The van der Waals surface area contributed by atoms with E-state index >= 15 is 0 Å². The summed E-state index contributed by atoms with van der Waals surface area (Å²) in [7, 11) is 0. The summed E-state index contributed by atoms with van der Waals surface area (Å²) in [6.45, 7) is 12.5. The molecule has 2 fully saturated rings. The second-order valence-corrected chi connectivity index (χ2v) is 7.23. The Morgan fingerprint density at radius 3 is 2.79 bits per heavy atom. The molecule has 0 spiro atoms. The Morgan fingerprint density at radius 2 is 2.04 bits per heavy atom. The molecule has 3 rings (SSSR count). The average molecular weight is 332 g/mol. The zero-order valence-electron chi connectivity index (χ0n) is 15.2. The maximum Gasteiger partial charge on any atom is 0.272 e. The van der Waals surface area contributed by atoms with Crippen LogP contribution in [0.15, 0.2) is 6.33 Å². The molecule has 132 valence electrons. The summed E-state index contributed by atoms with van der Waals surface area (Å²) in [6, 6.07) is 0.540. The molecule has 0 aromatic carbocycles. The largest absolute Gasteiger partial charge is 0.375 e. The van der Waals surface area contributed by atoms with Gasteiger partial charge in [0.1, 0.15) is 12.0 Å². The van der Waals surface area contributed by atoms with Crippen molar-refractivity contribution in [2.45, 2.75) is 46.3 Å². The average Bonchev–Trinajstić information content (AvgIpc) is 2.78. The highest BCUT2D eigenvalue weighted by molar-refractivity contribution is 5.93. The molecule has 0 saturated carbocycles. The number of ether oxygens (including phenoxy) is 1. The van der Waals surface area contributed by atoms with Crippen LogP contribution >= 0.6 is 0 Å². The van der Waals surface area contributed by atoms with E-state index < -0.39 is 0 Å². The van der Waals surface area contributed by atoms with Crippen LogP contribution in [0, 0.1) is 19.8 Å². The summed E-state index contributed by atoms with van der Waals surface area (Å²) in [6.07, 6.45) is 2.60. The summed E-state index contributed by atoms with van der Waals surface area (Å²) >= 11 is 0. The Hall–Kier alpha value is -1.53. The van der Waals surface area contributed by atoms with Gasteiger partial charge in [0.25, 0.3) is 5.91 Å². The van der Waals surface area contributed by atoms with E-state index in [-0.39, 0.29) is 12.0 Å². The van der Waals surface area contributed by atoms with E-state index in [1.165, 1.54) is 6.33 Å². The molecule has 1 aromatic rings. The molecule has 6 nitrogen and oxygen atoms in total. The lowest BCUT2D eigenvalue weighted by atomic mass is 9.92. The van der Waals surface area contributed by atoms with E-state index in [4.69, 9.17) is 4.74 Å². The first-order valence-electron chi connectivity index (χ1n) is 8.90. The van der Waals surface area contributed by atoms with Gasteiger partial charge in [-0.3, -0.25) is 9.69 Å². The number of amides is 1. The van der Waals surface area contributed by atoms with E-state index in [2.05, 4.69) is 28.7 Å². The minimum atomic E-state index is 0.00464. The standard InChI is InChI=1S/C18H28N4O2/c1-12(2)21-7-8-24-16-10-22(6-5-15(16)9-21)18(23)17-13(3)14(4)19-11-20-17/h11-12,15-16H,5-10H2,1-4H3. The van der Waals surface area contributed by atoms with E-state index in [1.807, 2.05) is 18.7 Å². The topological polar surface area (TPSA) is 58.6 Å². The third-order valence-electron chi connectivity index (χ3n) is 5.43. The van der Waals surface area contributed by atoms with Crippen LogP contribution in [0.2, 0.25) is 0 Å². The zero-order chi connectivity index (χ0) is 17.3. The highest BCUT2D eigenvalue weighted by atomic mass is 16.5. The molecule has 2 aliphatic heterocycles. The highest BCUT2D eigenvalue weighted by Gasteiger charge is 2.36. The molecular weight excluding hydrogens is 304 g/mol. The number of rotatable bonds is 2. The van der Waals surface area contributed by atoms with Gasteiger partial charge in [0.05, 0.1) is 12.7 Å². The van der Waals surface area contributed by atoms with Crippen molar-refractivity contribution in [3.05, 3.63) is 23.3 Å². The Balaban J connectivity index is 1.71. The Kier molecular flexibility index (Phi) is 5.15. The van der Waals surface area contributed by atoms with Crippen molar-refractivity contribution in [3.8, 4) is 0 Å². The summed E-state index contributed by atoms with van der Waals surface area (Å²) in [5.41, 5.74) is 2.26. The number of hydrogen-bond acceptors (Lipinski definition) is 5. The van der Waals surface area contributed by atoms with Gasteiger partial charge in [-0.2, -0.15) is 0 Å². The molecule has 0 aliphatic carbocycles. The molecular formula is C18H28N4O2. The van der Waals surface area contributed by atoms with Crippen molar-refractivity contribution in [2.75, 3.05) is 32.8 Å². The normalized spacial score (nSPS) is 25.5. The number of piperidine rings is 1. The minimum absolute atomic E-state index is 0.00464. The van der Waals surface area contributed by atoms with Crippen LogP contribution in [0.25, 0.3) is 0 Å². The number of carbonyl (C=O) groups is 1. The Morgan fingerprint density at radius 1 is 1.25 bits per heavy atom. The van der Waals surface area contributed by atoms with Crippen LogP contribution in [0.5, 0.6) is 0 Å². The van der Waals surface area contributed by atoms with E-state index in [0.29, 0.717) is 24.2 Å². The summed E-state index contributed by atoms with van der Waals surface area (Å²) in [5, 5.41) is 0. The van der Waals surface area contributed by atoms with Crippen LogP contribution in [-0.2, 0) is 4.74 Å². The number of nitrogens with zero attached hydrogens (tertiary/aromatic N) is 4. The molecule has 6 heteroatoms. The first-order valence-corrected chi connectivity index (χ1v) is 8.90. The van der Waals surface area contributed by atoms with Gasteiger partial charge in [-0.1, -0.05) is 0 Å². The Labute approximate surface area is 144 Å². The maximum absolute atomic E-state index is 12.9. The number of aryl methyl sites for hydroxylation is 1. The fourth-order valence-corrected chi connectivity index (χ4v) is 3.63. The van der Waals surface area contributed by atoms with Crippen molar-refractivity contribution in [2.24, 2.45) is 5.92 Å². The first kappa shape index (κ1) is 17.3. The molecule has 24 heavy (non-hydrogen) atoms. The predicted molar refractivity (Wildman–Crippen MR) is 92.0 cm³/mol. The minimum Gasteiger partial charge on any atom is -0.375 e. The van der Waals surface area contributed by atoms with Crippen LogP contribution < -0.4 is 0 Å². The maximum atomic E-state index is 12.9. The van der Waals surface area contributed by atoms with Crippen LogP contribution in [0.3, 0.4) is 0 Å². The van der Waals surface area contributed by atoms with Gasteiger partial charge in [0, 0.05) is 49.4 Å². The molecule has 2 atom stereocenters. The molecule has 1 amide bonds. The highest BCUT2D eigenvalue weighted by Crippen LogP contribution is 2.26. The van der Waals surface area contributed by atoms with Crippen molar-refractivity contribution in [1.82, 2.24) is 19.8 Å². The fraction of sp³-hybridized carbons (Fsp3) is 0.722. The lowest BCUT2D eigenvalue weighted by Crippen LogP contribution is -2.49. The molecule has 2 saturated heterocycles. The third-order valence-corrected chi connectivity index (χ3v) is 5.43. The van der Waals surface area contributed by atoms with Crippen molar-refractivity contribution in [1.29, 1.82) is 0 Å². The molecule has 1 aromatic heterocycles. The molecule has 2 unspecified atom stereocenters. The van der Waals surface area contributed by atoms with Gasteiger partial charge in [0.15, 0.2) is 0 Å². The molecule has 3 heterocycles. The lowest BCUT2D eigenvalue weighted by molar-refractivity contribution is -0.0173. The molecule has 0 bridgehead atoms. The van der Waals surface area contributed by atoms with Gasteiger partial charge < -0.3 is 9.64 Å². The molecule has 0 N–H and O–H groups in total. The van der Waals surface area contributed by atoms with Gasteiger partial charge in [-0.05, 0) is 34.1 Å². The molecule has 2 aliphatic rings. The summed E-state index contributed by atoms with van der Waals surface area (Å²) < 4.78 is 6.09. The third kappa shape index (κ3) is 3.44. The lowest BCUT2D eigenvalue weighted by Gasteiger charge is -2.38. The number of fused-ring (bicyclic) bond motifs is 1. The van der Waals surface area contributed by atoms with Crippen LogP contribution in [0.4, 0.5) is 0 Å². The van der Waals surface area contributed by atoms with E-state index in [0.717, 1.165) is 43.9 Å².